The zero-order valence-electron chi connectivity index (χ0n) is 16.9. The van der Waals surface area contributed by atoms with Gasteiger partial charge in [0, 0.05) is 25.7 Å². The van der Waals surface area contributed by atoms with Crippen molar-refractivity contribution in [1.82, 2.24) is 29.4 Å². The van der Waals surface area contributed by atoms with E-state index < -0.39 is 0 Å². The molecule has 0 saturated carbocycles. The molecule has 0 bridgehead atoms. The minimum Gasteiger partial charge on any atom is -0.334 e. The van der Waals surface area contributed by atoms with Gasteiger partial charge in [0.05, 0.1) is 17.6 Å². The van der Waals surface area contributed by atoms with E-state index in [2.05, 4.69) is 19.5 Å². The van der Waals surface area contributed by atoms with Gasteiger partial charge in [-0.25, -0.2) is 15.0 Å². The van der Waals surface area contributed by atoms with Crippen molar-refractivity contribution in [2.75, 3.05) is 7.05 Å². The van der Waals surface area contributed by atoms with E-state index in [1.54, 1.807) is 18.0 Å². The van der Waals surface area contributed by atoms with Crippen LogP contribution in [0.2, 0.25) is 0 Å². The molecular weight excluding hydrogens is 400 g/mol. The third-order valence-electron chi connectivity index (χ3n) is 5.52. The first-order valence-electron chi connectivity index (χ1n) is 10.1. The van der Waals surface area contributed by atoms with Gasteiger partial charge in [-0.15, -0.1) is 11.3 Å². The summed E-state index contributed by atoms with van der Waals surface area (Å²) in [5.41, 5.74) is 3.25. The fraction of sp³-hybridized carbons (Fsp3) is 0.381. The fourth-order valence-electron chi connectivity index (χ4n) is 4.08. The van der Waals surface area contributed by atoms with E-state index in [9.17, 15) is 9.59 Å². The van der Waals surface area contributed by atoms with Gasteiger partial charge < -0.3 is 14.5 Å². The Morgan fingerprint density at radius 1 is 1.27 bits per heavy atom. The van der Waals surface area contributed by atoms with Gasteiger partial charge in [0.1, 0.15) is 21.9 Å². The summed E-state index contributed by atoms with van der Waals surface area (Å²) in [5, 5.41) is 1.84. The summed E-state index contributed by atoms with van der Waals surface area (Å²) in [6.07, 6.45) is 4.30. The molecule has 30 heavy (non-hydrogen) atoms. The number of nitrogens with zero attached hydrogens (tertiary/aromatic N) is 5. The first kappa shape index (κ1) is 18.9. The molecule has 0 fully saturated rings. The second-order valence-electron chi connectivity index (χ2n) is 7.78. The summed E-state index contributed by atoms with van der Waals surface area (Å²) in [4.78, 5) is 43.9. The molecule has 0 spiro atoms. The molecule has 0 saturated heterocycles. The lowest BCUT2D eigenvalue weighted by molar-refractivity contribution is 0.0783. The lowest BCUT2D eigenvalue weighted by Gasteiger charge is -2.17. The zero-order chi connectivity index (χ0) is 20.8. The second kappa shape index (κ2) is 7.32. The molecule has 0 aromatic carbocycles. The molecular formula is C21H22N6O2S. The molecule has 5 heterocycles. The molecule has 4 aromatic heterocycles. The maximum Gasteiger partial charge on any atom is 0.268 e. The van der Waals surface area contributed by atoms with Crippen molar-refractivity contribution in [3.8, 4) is 0 Å². The molecule has 9 heteroatoms. The number of carbonyl (C=O) groups excluding carboxylic acids is 1. The van der Waals surface area contributed by atoms with Crippen molar-refractivity contribution in [3.63, 3.8) is 0 Å². The van der Waals surface area contributed by atoms with Crippen LogP contribution in [-0.4, -0.2) is 42.4 Å². The average Bonchev–Trinajstić information content (AvgIpc) is 3.25. The van der Waals surface area contributed by atoms with Crippen LogP contribution in [0.3, 0.4) is 0 Å². The number of H-pyrrole nitrogens is 1. The summed E-state index contributed by atoms with van der Waals surface area (Å²) in [6.45, 7) is 2.99. The Bertz CT molecular complexity index is 1330. The number of rotatable bonds is 3. The molecule has 0 unspecified atom stereocenters. The van der Waals surface area contributed by atoms with Crippen molar-refractivity contribution in [2.24, 2.45) is 0 Å². The van der Waals surface area contributed by atoms with E-state index in [4.69, 9.17) is 4.98 Å². The first-order valence-corrected chi connectivity index (χ1v) is 11.0. The number of hydrogen-bond donors (Lipinski definition) is 1. The summed E-state index contributed by atoms with van der Waals surface area (Å²) >= 11 is 1.36. The maximum absolute atomic E-state index is 13.3. The Morgan fingerprint density at radius 2 is 2.13 bits per heavy atom. The number of amides is 1. The normalized spacial score (nSPS) is 14.1. The van der Waals surface area contributed by atoms with Crippen LogP contribution in [0.4, 0.5) is 0 Å². The van der Waals surface area contributed by atoms with Crippen LogP contribution in [0, 0.1) is 6.92 Å². The monoisotopic (exact) mass is 422 g/mol. The topological polar surface area (TPSA) is 96.8 Å². The van der Waals surface area contributed by atoms with Crippen LogP contribution < -0.4 is 5.56 Å². The third kappa shape index (κ3) is 3.19. The van der Waals surface area contributed by atoms with Gasteiger partial charge in [0.15, 0.2) is 5.65 Å². The van der Waals surface area contributed by atoms with Crippen molar-refractivity contribution >= 4 is 38.6 Å². The van der Waals surface area contributed by atoms with E-state index >= 15 is 0 Å². The highest BCUT2D eigenvalue weighted by molar-refractivity contribution is 7.17. The zero-order valence-corrected chi connectivity index (χ0v) is 17.8. The first-order chi connectivity index (χ1) is 14.5. The van der Waals surface area contributed by atoms with Gasteiger partial charge >= 0.3 is 0 Å². The predicted molar refractivity (Wildman–Crippen MR) is 116 cm³/mol. The van der Waals surface area contributed by atoms with Gasteiger partial charge in [0.25, 0.3) is 11.5 Å². The largest absolute Gasteiger partial charge is 0.334 e. The fourth-order valence-corrected chi connectivity index (χ4v) is 4.80. The Kier molecular flexibility index (Phi) is 4.62. The molecule has 1 N–H and O–H groups in total. The number of carbonyl (C=O) groups is 1. The van der Waals surface area contributed by atoms with Crippen molar-refractivity contribution in [3.05, 3.63) is 50.8 Å². The molecule has 1 aliphatic heterocycles. The van der Waals surface area contributed by atoms with Crippen molar-refractivity contribution in [1.29, 1.82) is 0 Å². The van der Waals surface area contributed by atoms with E-state index in [0.29, 0.717) is 27.1 Å². The second-order valence-corrected chi connectivity index (χ2v) is 8.70. The van der Waals surface area contributed by atoms with Gasteiger partial charge in [-0.2, -0.15) is 0 Å². The third-order valence-corrected chi connectivity index (χ3v) is 6.42. The summed E-state index contributed by atoms with van der Waals surface area (Å²) in [5.74, 6) is 1.31. The molecule has 5 rings (SSSR count). The number of imidazole rings is 1. The van der Waals surface area contributed by atoms with Crippen molar-refractivity contribution in [2.45, 2.75) is 45.7 Å². The predicted octanol–water partition coefficient (Wildman–Crippen LogP) is 3.04. The summed E-state index contributed by atoms with van der Waals surface area (Å²) in [6, 6.07) is 3.61. The minimum absolute atomic E-state index is 0.160. The van der Waals surface area contributed by atoms with Gasteiger partial charge in [-0.05, 0) is 37.3 Å². The quantitative estimate of drug-likeness (QED) is 0.547. The van der Waals surface area contributed by atoms with Crippen LogP contribution in [0.15, 0.2) is 22.3 Å². The van der Waals surface area contributed by atoms with Crippen LogP contribution in [0.5, 0.6) is 0 Å². The molecule has 4 aromatic rings. The molecule has 0 radical (unpaired) electrons. The van der Waals surface area contributed by atoms with Crippen molar-refractivity contribution < 1.29 is 4.79 Å². The Labute approximate surface area is 176 Å². The molecule has 154 valence electrons. The number of aromatic amines is 1. The molecule has 1 amide bonds. The highest BCUT2D eigenvalue weighted by Crippen LogP contribution is 2.25. The highest BCUT2D eigenvalue weighted by Gasteiger charge is 2.23. The van der Waals surface area contributed by atoms with Crippen LogP contribution in [0.25, 0.3) is 21.4 Å². The number of fused-ring (bicyclic) bond motifs is 4. The molecule has 8 nitrogen and oxygen atoms in total. The SMILES string of the molecule is Cc1cc(C(=O)N(C)Cc2nc3ccsc3c(=O)[nH]2)c2nc3n(c2n1)CCCCC3. The van der Waals surface area contributed by atoms with Crippen LogP contribution in [0.1, 0.15) is 47.0 Å². The highest BCUT2D eigenvalue weighted by atomic mass is 32.1. The molecule has 1 aliphatic rings. The van der Waals surface area contributed by atoms with E-state index in [0.717, 1.165) is 43.0 Å². The number of aromatic nitrogens is 5. The Hall–Kier alpha value is -3.07. The lowest BCUT2D eigenvalue weighted by atomic mass is 10.1. The van der Waals surface area contributed by atoms with E-state index in [1.165, 1.54) is 17.8 Å². The number of aryl methyl sites for hydroxylation is 3. The summed E-state index contributed by atoms with van der Waals surface area (Å²) in [7, 11) is 1.71. The van der Waals surface area contributed by atoms with Gasteiger partial charge in [-0.3, -0.25) is 9.59 Å². The van der Waals surface area contributed by atoms with Gasteiger partial charge in [0.2, 0.25) is 0 Å². The Balaban J connectivity index is 1.51. The number of hydrogen-bond acceptors (Lipinski definition) is 6. The summed E-state index contributed by atoms with van der Waals surface area (Å²) < 4.78 is 2.76. The molecule has 0 atom stereocenters. The number of nitrogens with one attached hydrogen (secondary N) is 1. The van der Waals surface area contributed by atoms with Crippen LogP contribution >= 0.6 is 11.3 Å². The Morgan fingerprint density at radius 3 is 3.00 bits per heavy atom. The minimum atomic E-state index is -0.175. The molecule has 0 aliphatic carbocycles. The van der Waals surface area contributed by atoms with E-state index in [1.807, 2.05) is 18.4 Å². The number of thiophene rings is 1. The van der Waals surface area contributed by atoms with E-state index in [-0.39, 0.29) is 18.0 Å². The standard InChI is InChI=1S/C21H22N6O2S/c1-12-10-13(17-19(22-12)27-8-5-3-4-6-16(27)25-17)21(29)26(2)11-15-23-14-7-9-30-18(14)20(28)24-15/h7,9-10H,3-6,8,11H2,1-2H3,(H,23,24,28). The smallest absolute Gasteiger partial charge is 0.268 e. The van der Waals surface area contributed by atoms with Gasteiger partial charge in [-0.1, -0.05) is 6.42 Å². The maximum atomic E-state index is 13.3. The lowest BCUT2D eigenvalue weighted by Crippen LogP contribution is -2.28. The average molecular weight is 423 g/mol. The number of pyridine rings is 1. The van der Waals surface area contributed by atoms with Crippen LogP contribution in [-0.2, 0) is 19.5 Å².